The Labute approximate surface area is 211 Å². The zero-order valence-corrected chi connectivity index (χ0v) is 21.8. The number of nitrogens with one attached hydrogen (secondary N) is 2. The van der Waals surface area contributed by atoms with Crippen molar-refractivity contribution >= 4 is 35.7 Å². The second-order valence-electron chi connectivity index (χ2n) is 8.19. The molecule has 190 valence electrons. The third-order valence-corrected chi connectivity index (χ3v) is 6.04. The van der Waals surface area contributed by atoms with Gasteiger partial charge in [-0.3, -0.25) is 9.98 Å². The average molecular weight is 491 g/mol. The zero-order valence-electron chi connectivity index (χ0n) is 21.8. The molecule has 0 unspecified atom stereocenters. The molecule has 36 heavy (non-hydrogen) atoms. The lowest BCUT2D eigenvalue weighted by molar-refractivity contribution is 0.0510. The van der Waals surface area contributed by atoms with Crippen molar-refractivity contribution in [2.24, 2.45) is 9.98 Å². The number of aromatic nitrogens is 2. The Morgan fingerprint density at radius 1 is 0.750 bits per heavy atom. The van der Waals surface area contributed by atoms with E-state index in [1.807, 2.05) is 52.0 Å². The van der Waals surface area contributed by atoms with Gasteiger partial charge in [0.25, 0.3) is 0 Å². The van der Waals surface area contributed by atoms with Gasteiger partial charge in [0.15, 0.2) is 0 Å². The Hall–Kier alpha value is -3.94. The van der Waals surface area contributed by atoms with E-state index < -0.39 is 0 Å². The van der Waals surface area contributed by atoms with Gasteiger partial charge in [-0.15, -0.1) is 0 Å². The third-order valence-electron chi connectivity index (χ3n) is 6.04. The molecule has 8 nitrogen and oxygen atoms in total. The third kappa shape index (κ3) is 5.64. The van der Waals surface area contributed by atoms with E-state index in [4.69, 9.17) is 9.47 Å². The Morgan fingerprint density at radius 3 is 1.47 bits per heavy atom. The monoisotopic (exact) mass is 490 g/mol. The highest BCUT2D eigenvalue weighted by Crippen LogP contribution is 2.28. The number of para-hydroxylation sites is 2. The highest BCUT2D eigenvalue weighted by Gasteiger charge is 2.19. The van der Waals surface area contributed by atoms with Crippen LogP contribution in [-0.4, -0.2) is 47.5 Å². The first-order valence-corrected chi connectivity index (χ1v) is 12.3. The summed E-state index contributed by atoms with van der Waals surface area (Å²) >= 11 is 0. The molecule has 0 aliphatic carbocycles. The lowest BCUT2D eigenvalue weighted by Crippen LogP contribution is -2.06. The van der Waals surface area contributed by atoms with Crippen LogP contribution in [-0.2, 0) is 22.3 Å². The van der Waals surface area contributed by atoms with Crippen molar-refractivity contribution < 1.29 is 19.1 Å². The molecule has 0 atom stereocenters. The summed E-state index contributed by atoms with van der Waals surface area (Å²) in [6.07, 6.45) is 4.94. The van der Waals surface area contributed by atoms with Gasteiger partial charge in [0.2, 0.25) is 0 Å². The summed E-state index contributed by atoms with van der Waals surface area (Å²) in [4.78, 5) is 40.3. The maximum Gasteiger partial charge on any atom is 0.355 e. The summed E-state index contributed by atoms with van der Waals surface area (Å²) in [5, 5.41) is 0. The minimum Gasteiger partial charge on any atom is -0.461 e. The number of esters is 2. The number of H-pyrrole nitrogens is 2. The van der Waals surface area contributed by atoms with Gasteiger partial charge >= 0.3 is 11.9 Å². The number of ether oxygens (including phenoxy) is 2. The van der Waals surface area contributed by atoms with Crippen molar-refractivity contribution in [1.29, 1.82) is 0 Å². The van der Waals surface area contributed by atoms with Crippen LogP contribution in [0.2, 0.25) is 0 Å². The van der Waals surface area contributed by atoms with E-state index in [-0.39, 0.29) is 11.9 Å². The summed E-state index contributed by atoms with van der Waals surface area (Å²) in [5.74, 6) is -0.742. The second kappa shape index (κ2) is 12.2. The number of aliphatic imine (C=N–C) groups is 2. The van der Waals surface area contributed by atoms with Gasteiger partial charge in [-0.25, -0.2) is 9.59 Å². The van der Waals surface area contributed by atoms with Gasteiger partial charge in [0.05, 0.1) is 48.4 Å². The van der Waals surface area contributed by atoms with Crippen molar-refractivity contribution in [3.8, 4) is 0 Å². The van der Waals surface area contributed by atoms with E-state index in [2.05, 4.69) is 20.0 Å². The average Bonchev–Trinajstić information content (AvgIpc) is 3.37. The van der Waals surface area contributed by atoms with E-state index in [0.717, 1.165) is 46.5 Å². The minimum atomic E-state index is -0.371. The van der Waals surface area contributed by atoms with Crippen molar-refractivity contribution in [2.75, 3.05) is 13.2 Å². The Balaban J connectivity index is 1.93. The van der Waals surface area contributed by atoms with Gasteiger partial charge in [-0.05, 0) is 74.9 Å². The number of hydrogen-bond donors (Lipinski definition) is 2. The second-order valence-corrected chi connectivity index (χ2v) is 8.19. The Bertz CT molecular complexity index is 1200. The molecular weight excluding hydrogens is 456 g/mol. The summed E-state index contributed by atoms with van der Waals surface area (Å²) in [5.41, 5.74) is 7.56. The van der Waals surface area contributed by atoms with Crippen LogP contribution in [0.15, 0.2) is 34.3 Å². The van der Waals surface area contributed by atoms with Crippen molar-refractivity contribution in [3.63, 3.8) is 0 Å². The molecule has 0 saturated carbocycles. The van der Waals surface area contributed by atoms with E-state index in [9.17, 15) is 9.59 Å². The SMILES string of the molecule is CCOC(=O)c1[nH]c(C=Nc2ccccc2N=Cc2[nH]c(C(=O)OCC)c(C)c2CC)c(CC)c1C. The summed E-state index contributed by atoms with van der Waals surface area (Å²) in [7, 11) is 0. The molecule has 3 rings (SSSR count). The highest BCUT2D eigenvalue weighted by atomic mass is 16.5. The van der Waals surface area contributed by atoms with E-state index in [0.29, 0.717) is 36.0 Å². The van der Waals surface area contributed by atoms with Gasteiger partial charge < -0.3 is 19.4 Å². The first-order valence-electron chi connectivity index (χ1n) is 12.3. The molecular formula is C28H34N4O4. The Kier molecular flexibility index (Phi) is 9.00. The molecule has 0 aliphatic heterocycles. The largest absolute Gasteiger partial charge is 0.461 e. The fraction of sp³-hybridized carbons (Fsp3) is 0.357. The van der Waals surface area contributed by atoms with Crippen LogP contribution in [0.5, 0.6) is 0 Å². The number of aromatic amines is 2. The lowest BCUT2D eigenvalue weighted by atomic mass is 10.1. The van der Waals surface area contributed by atoms with Crippen LogP contribution in [0.1, 0.15) is 82.3 Å². The molecule has 0 spiro atoms. The van der Waals surface area contributed by atoms with Crippen LogP contribution >= 0.6 is 0 Å². The number of carbonyl (C=O) groups excluding carboxylic acids is 2. The molecule has 0 fully saturated rings. The van der Waals surface area contributed by atoms with Gasteiger partial charge in [0.1, 0.15) is 11.4 Å². The number of nitrogens with zero attached hydrogens (tertiary/aromatic N) is 2. The van der Waals surface area contributed by atoms with Crippen LogP contribution in [0.3, 0.4) is 0 Å². The molecule has 0 amide bonds. The number of benzene rings is 1. The van der Waals surface area contributed by atoms with Crippen LogP contribution in [0.25, 0.3) is 0 Å². The molecule has 2 aromatic heterocycles. The molecule has 2 heterocycles. The zero-order chi connectivity index (χ0) is 26.2. The summed E-state index contributed by atoms with van der Waals surface area (Å²) < 4.78 is 10.3. The molecule has 0 saturated heterocycles. The molecule has 8 heteroatoms. The predicted octanol–water partition coefficient (Wildman–Crippen LogP) is 5.94. The van der Waals surface area contributed by atoms with Gasteiger partial charge in [-0.1, -0.05) is 26.0 Å². The number of rotatable bonds is 10. The first-order chi connectivity index (χ1) is 17.4. The van der Waals surface area contributed by atoms with Crippen LogP contribution in [0.4, 0.5) is 11.4 Å². The maximum atomic E-state index is 12.3. The topological polar surface area (TPSA) is 109 Å². The summed E-state index contributed by atoms with van der Waals surface area (Å²) in [6, 6.07) is 7.54. The normalized spacial score (nSPS) is 11.5. The smallest absolute Gasteiger partial charge is 0.355 e. The molecule has 0 bridgehead atoms. The van der Waals surface area contributed by atoms with Crippen LogP contribution < -0.4 is 0 Å². The minimum absolute atomic E-state index is 0.314. The fourth-order valence-electron chi connectivity index (χ4n) is 4.21. The van der Waals surface area contributed by atoms with E-state index >= 15 is 0 Å². The molecule has 0 radical (unpaired) electrons. The van der Waals surface area contributed by atoms with E-state index in [1.165, 1.54) is 0 Å². The van der Waals surface area contributed by atoms with Crippen LogP contribution in [0, 0.1) is 13.8 Å². The lowest BCUT2D eigenvalue weighted by Gasteiger charge is -2.01. The molecule has 0 aliphatic rings. The fourth-order valence-corrected chi connectivity index (χ4v) is 4.21. The summed E-state index contributed by atoms with van der Waals surface area (Å²) in [6.45, 7) is 12.1. The molecule has 3 aromatic rings. The highest BCUT2D eigenvalue weighted by molar-refractivity contribution is 5.95. The predicted molar refractivity (Wildman–Crippen MR) is 143 cm³/mol. The Morgan fingerprint density at radius 2 is 1.14 bits per heavy atom. The molecule has 1 aromatic carbocycles. The van der Waals surface area contributed by atoms with Gasteiger partial charge in [-0.2, -0.15) is 0 Å². The number of carbonyl (C=O) groups is 2. The van der Waals surface area contributed by atoms with Gasteiger partial charge in [0, 0.05) is 0 Å². The van der Waals surface area contributed by atoms with Crippen molar-refractivity contribution in [2.45, 2.75) is 54.4 Å². The number of hydrogen-bond acceptors (Lipinski definition) is 6. The van der Waals surface area contributed by atoms with E-state index in [1.54, 1.807) is 26.3 Å². The van der Waals surface area contributed by atoms with Crippen molar-refractivity contribution in [1.82, 2.24) is 9.97 Å². The first kappa shape index (κ1) is 26.7. The molecule has 2 N–H and O–H groups in total. The standard InChI is InChI=1S/C28H34N4O4/c1-7-19-17(5)25(27(33)35-9-3)31-23(19)15-29-21-13-11-12-14-22(21)30-16-24-20(8-2)18(6)26(32-24)28(34)36-10-4/h11-16,31-32H,7-10H2,1-6H3. The maximum absolute atomic E-state index is 12.3. The quantitative estimate of drug-likeness (QED) is 0.271. The van der Waals surface area contributed by atoms with Crippen molar-refractivity contribution in [3.05, 3.63) is 69.3 Å².